The molecule has 0 radical (unpaired) electrons. The number of aromatic nitrogens is 2. The van der Waals surface area contributed by atoms with E-state index in [9.17, 15) is 4.79 Å². The van der Waals surface area contributed by atoms with Crippen molar-refractivity contribution in [3.63, 3.8) is 0 Å². The first-order valence-electron chi connectivity index (χ1n) is 12.6. The number of aryl methyl sites for hydroxylation is 1. The summed E-state index contributed by atoms with van der Waals surface area (Å²) >= 11 is 0. The fraction of sp³-hybridized carbons (Fsp3) is 0.188. The lowest BCUT2D eigenvalue weighted by molar-refractivity contribution is -0.140. The van der Waals surface area contributed by atoms with Gasteiger partial charge in [-0.1, -0.05) is 85.8 Å². The first-order valence-corrected chi connectivity index (χ1v) is 12.6. The molecule has 0 amide bonds. The summed E-state index contributed by atoms with van der Waals surface area (Å²) in [6, 6.07) is 25.7. The minimum absolute atomic E-state index is 0.0651. The number of hydrogen-bond donors (Lipinski definition) is 0. The van der Waals surface area contributed by atoms with Gasteiger partial charge in [0.1, 0.15) is 23.9 Å². The number of esters is 1. The monoisotopic (exact) mass is 490 g/mol. The summed E-state index contributed by atoms with van der Waals surface area (Å²) in [5.41, 5.74) is 3.74. The second-order valence-corrected chi connectivity index (χ2v) is 9.17. The van der Waals surface area contributed by atoms with E-state index < -0.39 is 0 Å². The van der Waals surface area contributed by atoms with Crippen molar-refractivity contribution in [3.8, 4) is 5.75 Å². The zero-order valence-electron chi connectivity index (χ0n) is 21.1. The van der Waals surface area contributed by atoms with Gasteiger partial charge in [-0.25, -0.2) is 4.98 Å². The van der Waals surface area contributed by atoms with Gasteiger partial charge in [-0.05, 0) is 42.7 Å². The summed E-state index contributed by atoms with van der Waals surface area (Å²) in [7, 11) is 0. The van der Waals surface area contributed by atoms with E-state index in [0.717, 1.165) is 27.9 Å². The second-order valence-electron chi connectivity index (χ2n) is 9.17. The molecule has 4 aromatic rings. The van der Waals surface area contributed by atoms with Crippen LogP contribution in [0.25, 0.3) is 22.9 Å². The van der Waals surface area contributed by atoms with E-state index in [1.165, 1.54) is 0 Å². The molecular weight excluding hydrogens is 460 g/mol. The summed E-state index contributed by atoms with van der Waals surface area (Å²) in [6.07, 6.45) is 9.66. The highest BCUT2D eigenvalue weighted by atomic mass is 16.5. The van der Waals surface area contributed by atoms with E-state index in [-0.39, 0.29) is 17.8 Å². The van der Waals surface area contributed by atoms with Crippen LogP contribution in [0.5, 0.6) is 5.75 Å². The molecule has 1 aromatic heterocycles. The molecule has 186 valence electrons. The molecule has 1 aliphatic carbocycles. The van der Waals surface area contributed by atoms with E-state index in [4.69, 9.17) is 14.5 Å². The van der Waals surface area contributed by atoms with Crippen LogP contribution in [0.2, 0.25) is 0 Å². The fourth-order valence-corrected chi connectivity index (χ4v) is 4.53. The van der Waals surface area contributed by atoms with Crippen LogP contribution in [0.15, 0.2) is 103 Å². The van der Waals surface area contributed by atoms with Crippen molar-refractivity contribution in [2.24, 2.45) is 11.8 Å². The molecule has 1 aliphatic rings. The number of para-hydroxylation sites is 3. The summed E-state index contributed by atoms with van der Waals surface area (Å²) in [5.74, 6) is 1.46. The summed E-state index contributed by atoms with van der Waals surface area (Å²) in [5, 5.41) is 0. The Morgan fingerprint density at radius 3 is 2.49 bits per heavy atom. The molecule has 3 aromatic carbocycles. The molecule has 2 unspecified atom stereocenters. The number of benzene rings is 3. The van der Waals surface area contributed by atoms with Crippen molar-refractivity contribution in [3.05, 3.63) is 120 Å². The fourth-order valence-electron chi connectivity index (χ4n) is 4.53. The zero-order valence-corrected chi connectivity index (χ0v) is 21.1. The van der Waals surface area contributed by atoms with E-state index >= 15 is 0 Å². The van der Waals surface area contributed by atoms with Gasteiger partial charge in [0, 0.05) is 11.6 Å². The van der Waals surface area contributed by atoms with Crippen molar-refractivity contribution in [1.29, 1.82) is 0 Å². The Morgan fingerprint density at radius 2 is 1.68 bits per heavy atom. The van der Waals surface area contributed by atoms with Crippen molar-refractivity contribution in [1.82, 2.24) is 9.55 Å². The SMILES string of the molecule is Cc1ccccc1/C(=C\c1nc2ccccc2n1CCOc1ccccc1)OC(=O)C1C=CC=CC1C. The van der Waals surface area contributed by atoms with Crippen molar-refractivity contribution >= 4 is 28.8 Å². The lowest BCUT2D eigenvalue weighted by atomic mass is 9.90. The van der Waals surface area contributed by atoms with Gasteiger partial charge in [-0.3, -0.25) is 4.79 Å². The average Bonchev–Trinajstić information content (AvgIpc) is 3.26. The summed E-state index contributed by atoms with van der Waals surface area (Å²) in [4.78, 5) is 18.2. The average molecular weight is 491 g/mol. The molecule has 37 heavy (non-hydrogen) atoms. The third-order valence-corrected chi connectivity index (χ3v) is 6.58. The molecule has 0 spiro atoms. The van der Waals surface area contributed by atoms with Gasteiger partial charge in [0.2, 0.25) is 0 Å². The molecule has 0 bridgehead atoms. The first-order chi connectivity index (χ1) is 18.1. The molecule has 1 heterocycles. The summed E-state index contributed by atoms with van der Waals surface area (Å²) in [6.45, 7) is 5.10. The van der Waals surface area contributed by atoms with Crippen molar-refractivity contribution < 1.29 is 14.3 Å². The van der Waals surface area contributed by atoms with Crippen LogP contribution in [0, 0.1) is 18.8 Å². The van der Waals surface area contributed by atoms with Crippen LogP contribution < -0.4 is 4.74 Å². The van der Waals surface area contributed by atoms with Gasteiger partial charge >= 0.3 is 5.97 Å². The standard InChI is InChI=1S/C32H30N2O3/c1-23-12-6-8-16-26(23)30(37-32(35)27-17-9-7-13-24(27)2)22-31-33-28-18-10-11-19-29(28)34(31)20-21-36-25-14-4-3-5-15-25/h3-19,22,24,27H,20-21H2,1-2H3/b30-22+. The number of ether oxygens (including phenoxy) is 2. The van der Waals surface area contributed by atoms with Crippen LogP contribution in [-0.4, -0.2) is 22.1 Å². The molecule has 0 saturated carbocycles. The number of fused-ring (bicyclic) bond motifs is 1. The zero-order chi connectivity index (χ0) is 25.6. The van der Waals surface area contributed by atoms with Crippen molar-refractivity contribution in [2.45, 2.75) is 20.4 Å². The highest BCUT2D eigenvalue weighted by Crippen LogP contribution is 2.28. The van der Waals surface area contributed by atoms with Crippen LogP contribution in [0.1, 0.15) is 23.9 Å². The number of nitrogens with zero attached hydrogens (tertiary/aromatic N) is 2. The second kappa shape index (κ2) is 11.1. The molecular formula is C32H30N2O3. The number of carbonyl (C=O) groups is 1. The van der Waals surface area contributed by atoms with E-state index in [1.807, 2.05) is 123 Å². The largest absolute Gasteiger partial charge is 0.492 e. The third kappa shape index (κ3) is 5.56. The maximum Gasteiger partial charge on any atom is 0.318 e. The van der Waals surface area contributed by atoms with Gasteiger partial charge < -0.3 is 14.0 Å². The van der Waals surface area contributed by atoms with Crippen LogP contribution >= 0.6 is 0 Å². The Hall–Kier alpha value is -4.38. The van der Waals surface area contributed by atoms with Crippen molar-refractivity contribution in [2.75, 3.05) is 6.61 Å². The van der Waals surface area contributed by atoms with Gasteiger partial charge in [0.25, 0.3) is 0 Å². The highest BCUT2D eigenvalue weighted by molar-refractivity contribution is 5.89. The first kappa shape index (κ1) is 24.3. The lowest BCUT2D eigenvalue weighted by Gasteiger charge is -2.20. The van der Waals surface area contributed by atoms with Gasteiger partial charge in [0.05, 0.1) is 23.5 Å². The normalized spacial score (nSPS) is 17.2. The molecule has 5 nitrogen and oxygen atoms in total. The summed E-state index contributed by atoms with van der Waals surface area (Å²) < 4.78 is 14.2. The van der Waals surface area contributed by atoms with Gasteiger partial charge in [-0.15, -0.1) is 0 Å². The highest BCUT2D eigenvalue weighted by Gasteiger charge is 2.26. The predicted molar refractivity (Wildman–Crippen MR) is 148 cm³/mol. The quantitative estimate of drug-likeness (QED) is 0.200. The molecule has 2 atom stereocenters. The number of carbonyl (C=O) groups excluding carboxylic acids is 1. The van der Waals surface area contributed by atoms with E-state index in [1.54, 1.807) is 0 Å². The molecule has 0 aliphatic heterocycles. The van der Waals surface area contributed by atoms with E-state index in [0.29, 0.717) is 24.7 Å². The Labute approximate surface area is 217 Å². The number of allylic oxidation sites excluding steroid dienone is 3. The molecule has 0 fully saturated rings. The topological polar surface area (TPSA) is 53.4 Å². The van der Waals surface area contributed by atoms with Gasteiger partial charge in [-0.2, -0.15) is 0 Å². The van der Waals surface area contributed by atoms with Crippen LogP contribution in [0.4, 0.5) is 0 Å². The Balaban J connectivity index is 1.51. The molecule has 0 N–H and O–H groups in total. The maximum absolute atomic E-state index is 13.3. The lowest BCUT2D eigenvalue weighted by Crippen LogP contribution is -2.22. The van der Waals surface area contributed by atoms with Crippen LogP contribution in [0.3, 0.4) is 0 Å². The minimum Gasteiger partial charge on any atom is -0.492 e. The number of rotatable bonds is 8. The predicted octanol–water partition coefficient (Wildman–Crippen LogP) is 6.84. The number of hydrogen-bond acceptors (Lipinski definition) is 4. The Bertz CT molecular complexity index is 1480. The van der Waals surface area contributed by atoms with E-state index in [2.05, 4.69) is 4.57 Å². The maximum atomic E-state index is 13.3. The third-order valence-electron chi connectivity index (χ3n) is 6.58. The molecule has 5 rings (SSSR count). The number of imidazole rings is 1. The Kier molecular flexibility index (Phi) is 7.31. The molecule has 5 heteroatoms. The van der Waals surface area contributed by atoms with Crippen LogP contribution in [-0.2, 0) is 16.1 Å². The minimum atomic E-state index is -0.337. The smallest absolute Gasteiger partial charge is 0.318 e. The van der Waals surface area contributed by atoms with Gasteiger partial charge in [0.15, 0.2) is 0 Å². The Morgan fingerprint density at radius 1 is 0.946 bits per heavy atom. The molecule has 0 saturated heterocycles.